The monoisotopic (exact) mass is 270 g/mol. The summed E-state index contributed by atoms with van der Waals surface area (Å²) in [5.41, 5.74) is 0.943. The maximum atomic E-state index is 9.36. The van der Waals surface area contributed by atoms with Crippen LogP contribution in [0.1, 0.15) is 31.7 Å². The van der Waals surface area contributed by atoms with Gasteiger partial charge in [-0.05, 0) is 43.0 Å². The first-order valence-corrected chi connectivity index (χ1v) is 7.31. The van der Waals surface area contributed by atoms with Gasteiger partial charge in [-0.1, -0.05) is 12.8 Å². The van der Waals surface area contributed by atoms with E-state index in [9.17, 15) is 5.11 Å². The lowest BCUT2D eigenvalue weighted by atomic mass is 9.84. The number of nitrogens with one attached hydrogen (secondary N) is 1. The zero-order valence-electron chi connectivity index (χ0n) is 11.3. The molecule has 0 saturated heterocycles. The van der Waals surface area contributed by atoms with Gasteiger partial charge in [-0.2, -0.15) is 4.98 Å². The van der Waals surface area contributed by atoms with Crippen molar-refractivity contribution in [1.29, 1.82) is 0 Å². The molecule has 5 nitrogen and oxygen atoms in total. The summed E-state index contributed by atoms with van der Waals surface area (Å²) >= 11 is 0. The van der Waals surface area contributed by atoms with Gasteiger partial charge in [0, 0.05) is 12.1 Å². The molecule has 5 heteroatoms. The van der Waals surface area contributed by atoms with Gasteiger partial charge >= 0.3 is 0 Å². The van der Waals surface area contributed by atoms with Crippen LogP contribution in [0.15, 0.2) is 24.3 Å². The van der Waals surface area contributed by atoms with Crippen LogP contribution in [0.5, 0.6) is 5.75 Å². The molecule has 2 unspecified atom stereocenters. The van der Waals surface area contributed by atoms with Crippen molar-refractivity contribution in [1.82, 2.24) is 14.8 Å². The molecule has 0 amide bonds. The molecule has 1 aliphatic carbocycles. The maximum absolute atomic E-state index is 9.36. The summed E-state index contributed by atoms with van der Waals surface area (Å²) in [5.74, 6) is 2.57. The van der Waals surface area contributed by atoms with Crippen LogP contribution in [0.2, 0.25) is 0 Å². The van der Waals surface area contributed by atoms with E-state index in [1.807, 2.05) is 12.1 Å². The second-order valence-electron chi connectivity index (χ2n) is 5.74. The van der Waals surface area contributed by atoms with Crippen LogP contribution >= 0.6 is 0 Å². The van der Waals surface area contributed by atoms with E-state index in [0.29, 0.717) is 12.0 Å². The van der Waals surface area contributed by atoms with E-state index in [1.165, 1.54) is 25.7 Å². The van der Waals surface area contributed by atoms with Crippen LogP contribution in [0.4, 0.5) is 5.95 Å². The number of fused-ring (bicyclic) bond motifs is 3. The fourth-order valence-corrected chi connectivity index (χ4v) is 3.38. The van der Waals surface area contributed by atoms with Gasteiger partial charge in [0.15, 0.2) is 5.82 Å². The van der Waals surface area contributed by atoms with Crippen molar-refractivity contribution < 1.29 is 5.11 Å². The van der Waals surface area contributed by atoms with Crippen molar-refractivity contribution in [3.63, 3.8) is 0 Å². The van der Waals surface area contributed by atoms with Gasteiger partial charge in [0.1, 0.15) is 5.75 Å². The molecule has 2 aromatic rings. The van der Waals surface area contributed by atoms with Gasteiger partial charge in [-0.25, -0.2) is 4.68 Å². The summed E-state index contributed by atoms with van der Waals surface area (Å²) in [7, 11) is 0. The van der Waals surface area contributed by atoms with Gasteiger partial charge in [0.25, 0.3) is 0 Å². The van der Waals surface area contributed by atoms with Gasteiger partial charge in [0.05, 0.1) is 6.04 Å². The predicted molar refractivity (Wildman–Crippen MR) is 76.6 cm³/mol. The number of nitrogens with zero attached hydrogens (tertiary/aromatic N) is 3. The standard InChI is InChI=1S/C15H18N4O/c20-12-7-5-10(6-8-12)14-17-15-16-9-11-3-1-2-4-13(11)19(15)18-14/h5-8,11,13,20H,1-4,9H2,(H,16,17,18). The van der Waals surface area contributed by atoms with Crippen molar-refractivity contribution in [2.75, 3.05) is 11.9 Å². The van der Waals surface area contributed by atoms with Gasteiger partial charge in [-0.15, -0.1) is 5.10 Å². The number of rotatable bonds is 1. The zero-order chi connectivity index (χ0) is 13.5. The Labute approximate surface area is 117 Å². The molecule has 2 atom stereocenters. The minimum Gasteiger partial charge on any atom is -0.508 e. The minimum absolute atomic E-state index is 0.267. The number of aromatic nitrogens is 3. The Morgan fingerprint density at radius 3 is 2.80 bits per heavy atom. The first kappa shape index (κ1) is 11.8. The molecule has 0 spiro atoms. The van der Waals surface area contributed by atoms with E-state index in [0.717, 1.165) is 23.9 Å². The number of aromatic hydroxyl groups is 1. The highest BCUT2D eigenvalue weighted by Crippen LogP contribution is 2.38. The van der Waals surface area contributed by atoms with Crippen LogP contribution in [0, 0.1) is 5.92 Å². The van der Waals surface area contributed by atoms with E-state index in [4.69, 9.17) is 5.10 Å². The molecule has 1 aromatic carbocycles. The van der Waals surface area contributed by atoms with Crippen molar-refractivity contribution in [2.24, 2.45) is 5.92 Å². The number of hydrogen-bond donors (Lipinski definition) is 2. The van der Waals surface area contributed by atoms with E-state index < -0.39 is 0 Å². The molecule has 0 radical (unpaired) electrons. The highest BCUT2D eigenvalue weighted by molar-refractivity contribution is 5.57. The molecular formula is C15H18N4O. The Kier molecular flexibility index (Phi) is 2.65. The van der Waals surface area contributed by atoms with Crippen LogP contribution in [0.3, 0.4) is 0 Å². The molecule has 1 aromatic heterocycles. The first-order valence-electron chi connectivity index (χ1n) is 7.31. The molecule has 20 heavy (non-hydrogen) atoms. The number of anilines is 1. The van der Waals surface area contributed by atoms with Crippen molar-refractivity contribution in [2.45, 2.75) is 31.7 Å². The van der Waals surface area contributed by atoms with Crippen molar-refractivity contribution >= 4 is 5.95 Å². The topological polar surface area (TPSA) is 63.0 Å². The fourth-order valence-electron chi connectivity index (χ4n) is 3.38. The third-order valence-corrected chi connectivity index (χ3v) is 4.46. The van der Waals surface area contributed by atoms with Gasteiger partial charge in [-0.3, -0.25) is 0 Å². The first-order chi connectivity index (χ1) is 9.81. The number of hydrogen-bond acceptors (Lipinski definition) is 4. The highest BCUT2D eigenvalue weighted by atomic mass is 16.3. The Balaban J connectivity index is 1.71. The van der Waals surface area contributed by atoms with Gasteiger partial charge < -0.3 is 10.4 Å². The number of phenolic OH excluding ortho intramolecular Hbond substituents is 1. The lowest BCUT2D eigenvalue weighted by Gasteiger charge is -2.36. The summed E-state index contributed by atoms with van der Waals surface area (Å²) < 4.78 is 2.08. The number of benzene rings is 1. The van der Waals surface area contributed by atoms with Crippen LogP contribution < -0.4 is 5.32 Å². The lowest BCUT2D eigenvalue weighted by molar-refractivity contribution is 0.222. The van der Waals surface area contributed by atoms with E-state index in [1.54, 1.807) is 12.1 Å². The Morgan fingerprint density at radius 2 is 1.95 bits per heavy atom. The Bertz CT molecular complexity index is 619. The van der Waals surface area contributed by atoms with Crippen molar-refractivity contribution in [3.05, 3.63) is 24.3 Å². The smallest absolute Gasteiger partial charge is 0.221 e. The summed E-state index contributed by atoms with van der Waals surface area (Å²) in [6.45, 7) is 1.01. The normalized spacial score (nSPS) is 24.6. The minimum atomic E-state index is 0.267. The van der Waals surface area contributed by atoms with Crippen LogP contribution in [0.25, 0.3) is 11.4 Å². The van der Waals surface area contributed by atoms with E-state index in [2.05, 4.69) is 15.0 Å². The Morgan fingerprint density at radius 1 is 1.15 bits per heavy atom. The summed E-state index contributed by atoms with van der Waals surface area (Å²) in [5, 5.41) is 17.5. The maximum Gasteiger partial charge on any atom is 0.221 e. The van der Waals surface area contributed by atoms with Crippen LogP contribution in [-0.2, 0) is 0 Å². The summed E-state index contributed by atoms with van der Waals surface area (Å²) in [6.07, 6.45) is 5.11. The highest BCUT2D eigenvalue weighted by Gasteiger charge is 2.33. The largest absolute Gasteiger partial charge is 0.508 e. The summed E-state index contributed by atoms with van der Waals surface area (Å²) in [6, 6.07) is 7.56. The molecular weight excluding hydrogens is 252 g/mol. The zero-order valence-corrected chi connectivity index (χ0v) is 11.3. The molecule has 2 heterocycles. The Hall–Kier alpha value is -2.04. The number of phenols is 1. The van der Waals surface area contributed by atoms with Crippen molar-refractivity contribution in [3.8, 4) is 17.1 Å². The molecule has 1 aliphatic heterocycles. The van der Waals surface area contributed by atoms with E-state index in [-0.39, 0.29) is 5.75 Å². The molecule has 104 valence electrons. The molecule has 1 fully saturated rings. The molecule has 1 saturated carbocycles. The predicted octanol–water partition coefficient (Wildman–Crippen LogP) is 2.81. The average molecular weight is 270 g/mol. The lowest BCUT2D eigenvalue weighted by Crippen LogP contribution is -2.35. The average Bonchev–Trinajstić information content (AvgIpc) is 2.92. The third kappa shape index (κ3) is 1.85. The second-order valence-corrected chi connectivity index (χ2v) is 5.74. The summed E-state index contributed by atoms with van der Waals surface area (Å²) in [4.78, 5) is 4.60. The quantitative estimate of drug-likeness (QED) is 0.836. The second kappa shape index (κ2) is 4.51. The third-order valence-electron chi connectivity index (χ3n) is 4.46. The molecule has 2 aliphatic rings. The van der Waals surface area contributed by atoms with Crippen LogP contribution in [-0.4, -0.2) is 26.4 Å². The SMILES string of the molecule is Oc1ccc(-c2nc3n(n2)C2CCCCC2CN3)cc1. The molecule has 0 bridgehead atoms. The van der Waals surface area contributed by atoms with Gasteiger partial charge in [0.2, 0.25) is 5.95 Å². The molecule has 2 N–H and O–H groups in total. The van der Waals surface area contributed by atoms with E-state index >= 15 is 0 Å². The fraction of sp³-hybridized carbons (Fsp3) is 0.467. The molecule has 4 rings (SSSR count).